The maximum atomic E-state index is 12.9. The van der Waals surface area contributed by atoms with Crippen LogP contribution in [0.3, 0.4) is 0 Å². The van der Waals surface area contributed by atoms with Crippen molar-refractivity contribution in [1.29, 1.82) is 0 Å². The summed E-state index contributed by atoms with van der Waals surface area (Å²) in [4.78, 5) is 39.8. The summed E-state index contributed by atoms with van der Waals surface area (Å²) in [6.07, 6.45) is 5.22. The average Bonchev–Trinajstić information content (AvgIpc) is 2.97. The van der Waals surface area contributed by atoms with Crippen molar-refractivity contribution in [1.82, 2.24) is 24.8 Å². The van der Waals surface area contributed by atoms with Crippen LogP contribution in [0.2, 0.25) is 0 Å². The molecule has 1 saturated heterocycles. The van der Waals surface area contributed by atoms with Gasteiger partial charge in [-0.3, -0.25) is 14.7 Å². The smallest absolute Gasteiger partial charge is 0.255 e. The van der Waals surface area contributed by atoms with Gasteiger partial charge < -0.3 is 25.4 Å². The minimum atomic E-state index is -1.08. The number of carboxylic acids is 1. The summed E-state index contributed by atoms with van der Waals surface area (Å²) in [6.45, 7) is 8.21. The highest BCUT2D eigenvalue weighted by atomic mass is 16.4. The van der Waals surface area contributed by atoms with Crippen LogP contribution in [-0.4, -0.2) is 69.9 Å². The number of hydrogen-bond donors (Lipinski definition) is 2. The Labute approximate surface area is 240 Å². The molecule has 0 spiro atoms. The van der Waals surface area contributed by atoms with Crippen molar-refractivity contribution in [2.75, 3.05) is 43.9 Å². The summed E-state index contributed by atoms with van der Waals surface area (Å²) >= 11 is 0. The van der Waals surface area contributed by atoms with Gasteiger partial charge in [0.15, 0.2) is 0 Å². The quantitative estimate of drug-likeness (QED) is 0.355. The van der Waals surface area contributed by atoms with Crippen molar-refractivity contribution in [2.45, 2.75) is 20.4 Å². The van der Waals surface area contributed by atoms with E-state index in [1.165, 1.54) is 5.56 Å². The molecule has 4 aromatic rings. The third-order valence-corrected chi connectivity index (χ3v) is 6.57. The fourth-order valence-corrected chi connectivity index (χ4v) is 4.28. The standard InChI is InChI=1S/C29H31N7O.C2H4O2/c1-21-5-10-25(18-27(21)34-29-31-13-11-26(33-29)24-4-3-12-30-19-24)32-28(37)23-8-6-22(7-9-23)20-36-16-14-35(2)15-17-36;1-2(3)4/h3-13,18-19H,14-17,20H2,1-2H3,(H,32,37)(H,31,33,34);1H3,(H,3,4)/p-1. The molecule has 1 fully saturated rings. The molecule has 1 amide bonds. The lowest BCUT2D eigenvalue weighted by molar-refractivity contribution is -0.302. The third-order valence-electron chi connectivity index (χ3n) is 6.57. The van der Waals surface area contributed by atoms with Crippen LogP contribution >= 0.6 is 0 Å². The third kappa shape index (κ3) is 8.92. The topological polar surface area (TPSA) is 126 Å². The Kier molecular flexibility index (Phi) is 10.1. The summed E-state index contributed by atoms with van der Waals surface area (Å²) in [6, 6.07) is 19.3. The van der Waals surface area contributed by atoms with E-state index in [4.69, 9.17) is 9.90 Å². The molecular formula is C31H34N7O3-. The van der Waals surface area contributed by atoms with Crippen molar-refractivity contribution in [3.8, 4) is 11.3 Å². The number of carbonyl (C=O) groups is 2. The second-order valence-corrected chi connectivity index (χ2v) is 9.88. The zero-order chi connectivity index (χ0) is 29.2. The highest BCUT2D eigenvalue weighted by Gasteiger charge is 2.14. The first-order valence-corrected chi connectivity index (χ1v) is 13.4. The fraction of sp³-hybridized carbons (Fsp3) is 0.258. The van der Waals surface area contributed by atoms with Gasteiger partial charge in [-0.25, -0.2) is 9.97 Å². The van der Waals surface area contributed by atoms with Gasteiger partial charge in [0.25, 0.3) is 5.91 Å². The molecule has 1 aliphatic rings. The van der Waals surface area contributed by atoms with E-state index in [0.717, 1.165) is 62.2 Å². The molecule has 0 unspecified atom stereocenters. The van der Waals surface area contributed by atoms with Gasteiger partial charge in [-0.15, -0.1) is 0 Å². The van der Waals surface area contributed by atoms with Gasteiger partial charge in [-0.2, -0.15) is 0 Å². The lowest BCUT2D eigenvalue weighted by atomic mass is 10.1. The monoisotopic (exact) mass is 552 g/mol. The Bertz CT molecular complexity index is 1450. The molecule has 0 saturated carbocycles. The number of amides is 1. The van der Waals surface area contributed by atoms with Gasteiger partial charge in [0.2, 0.25) is 5.95 Å². The zero-order valence-corrected chi connectivity index (χ0v) is 23.5. The van der Waals surface area contributed by atoms with Crippen molar-refractivity contribution >= 4 is 29.2 Å². The molecule has 2 aromatic carbocycles. The zero-order valence-electron chi connectivity index (χ0n) is 23.5. The number of nitrogens with one attached hydrogen (secondary N) is 2. The van der Waals surface area contributed by atoms with Gasteiger partial charge in [-0.05, 0) is 74.5 Å². The molecule has 3 heterocycles. The van der Waals surface area contributed by atoms with Crippen LogP contribution in [0, 0.1) is 6.92 Å². The van der Waals surface area contributed by atoms with Crippen molar-refractivity contribution < 1.29 is 14.7 Å². The summed E-state index contributed by atoms with van der Waals surface area (Å²) in [5, 5.41) is 15.2. The van der Waals surface area contributed by atoms with Crippen LogP contribution < -0.4 is 15.7 Å². The number of aromatic nitrogens is 3. The molecule has 10 heteroatoms. The van der Waals surface area contributed by atoms with Crippen molar-refractivity contribution in [2.24, 2.45) is 0 Å². The van der Waals surface area contributed by atoms with Gasteiger partial charge in [0.1, 0.15) is 0 Å². The first-order valence-electron chi connectivity index (χ1n) is 13.4. The van der Waals surface area contributed by atoms with Crippen LogP contribution in [-0.2, 0) is 11.3 Å². The highest BCUT2D eigenvalue weighted by molar-refractivity contribution is 6.04. The number of likely N-dealkylation sites (N-methyl/N-ethyl adjacent to an activating group) is 1. The molecule has 1 aliphatic heterocycles. The maximum absolute atomic E-state index is 12.9. The highest BCUT2D eigenvalue weighted by Crippen LogP contribution is 2.24. The number of rotatable bonds is 7. The van der Waals surface area contributed by atoms with Crippen LogP contribution in [0.15, 0.2) is 79.3 Å². The van der Waals surface area contributed by atoms with Crippen LogP contribution in [0.1, 0.15) is 28.4 Å². The maximum Gasteiger partial charge on any atom is 0.255 e. The largest absolute Gasteiger partial charge is 0.550 e. The predicted molar refractivity (Wildman–Crippen MR) is 158 cm³/mol. The number of carboxylic acid groups (broad SMARTS) is 1. The number of pyridine rings is 1. The molecular weight excluding hydrogens is 518 g/mol. The first kappa shape index (κ1) is 29.3. The Hall–Kier alpha value is -4.67. The van der Waals surface area contributed by atoms with Crippen molar-refractivity contribution in [3.63, 3.8) is 0 Å². The van der Waals surface area contributed by atoms with Gasteiger partial charge >= 0.3 is 0 Å². The molecule has 41 heavy (non-hydrogen) atoms. The molecule has 0 radical (unpaired) electrons. The Morgan fingerprint density at radius 3 is 2.39 bits per heavy atom. The van der Waals surface area contributed by atoms with E-state index in [0.29, 0.717) is 17.2 Å². The number of piperazine rings is 1. The van der Waals surface area contributed by atoms with Crippen molar-refractivity contribution in [3.05, 3.63) is 95.9 Å². The Balaban J connectivity index is 0.000000909. The lowest BCUT2D eigenvalue weighted by Crippen LogP contribution is -2.43. The van der Waals surface area contributed by atoms with Crippen LogP contribution in [0.25, 0.3) is 11.3 Å². The second kappa shape index (κ2) is 14.1. The summed E-state index contributed by atoms with van der Waals surface area (Å²) in [5.41, 5.74) is 6.08. The predicted octanol–water partition coefficient (Wildman–Crippen LogP) is 3.35. The molecule has 5 rings (SSSR count). The molecule has 0 bridgehead atoms. The molecule has 2 N–H and O–H groups in total. The van der Waals surface area contributed by atoms with Gasteiger partial charge in [0, 0.05) is 79.8 Å². The number of aryl methyl sites for hydroxylation is 1. The summed E-state index contributed by atoms with van der Waals surface area (Å²) in [5.74, 6) is -0.750. The fourth-order valence-electron chi connectivity index (χ4n) is 4.28. The number of carbonyl (C=O) groups excluding carboxylic acids is 2. The van der Waals surface area contributed by atoms with E-state index in [1.54, 1.807) is 18.6 Å². The molecule has 10 nitrogen and oxygen atoms in total. The van der Waals surface area contributed by atoms with E-state index >= 15 is 0 Å². The molecule has 2 aromatic heterocycles. The summed E-state index contributed by atoms with van der Waals surface area (Å²) in [7, 11) is 2.16. The number of hydrogen-bond acceptors (Lipinski definition) is 9. The van der Waals surface area contributed by atoms with E-state index in [9.17, 15) is 4.79 Å². The molecule has 0 atom stereocenters. The number of anilines is 3. The van der Waals surface area contributed by atoms with Gasteiger partial charge in [0.05, 0.1) is 5.69 Å². The minimum absolute atomic E-state index is 0.143. The van der Waals surface area contributed by atoms with E-state index in [2.05, 4.69) is 42.4 Å². The van der Waals surface area contributed by atoms with Crippen LogP contribution in [0.4, 0.5) is 17.3 Å². The first-order chi connectivity index (χ1) is 19.8. The minimum Gasteiger partial charge on any atom is -0.550 e. The molecule has 212 valence electrons. The van der Waals surface area contributed by atoms with Crippen LogP contribution in [0.5, 0.6) is 0 Å². The Morgan fingerprint density at radius 2 is 1.71 bits per heavy atom. The normalized spacial score (nSPS) is 13.5. The number of benzene rings is 2. The number of aliphatic carboxylic acids is 1. The van der Waals surface area contributed by atoms with E-state index < -0.39 is 5.97 Å². The Morgan fingerprint density at radius 1 is 0.976 bits per heavy atom. The second-order valence-electron chi connectivity index (χ2n) is 9.88. The number of nitrogens with zero attached hydrogens (tertiary/aromatic N) is 5. The average molecular weight is 553 g/mol. The summed E-state index contributed by atoms with van der Waals surface area (Å²) < 4.78 is 0. The SMILES string of the molecule is CC(=O)[O-].Cc1ccc(NC(=O)c2ccc(CN3CCN(C)CC3)cc2)cc1Nc1nccc(-c2cccnc2)n1. The van der Waals surface area contributed by atoms with E-state index in [1.807, 2.05) is 67.6 Å². The van der Waals surface area contributed by atoms with E-state index in [-0.39, 0.29) is 5.91 Å². The molecule has 0 aliphatic carbocycles. The lowest BCUT2D eigenvalue weighted by Gasteiger charge is -2.32. The van der Waals surface area contributed by atoms with Gasteiger partial charge in [-0.1, -0.05) is 18.2 Å².